The topological polar surface area (TPSA) is 92.1 Å². The van der Waals surface area contributed by atoms with E-state index in [1.165, 1.54) is 23.1 Å². The fraction of sp³-hybridized carbons (Fsp3) is 0.217. The average molecular weight is 417 g/mol. The molecular weight excluding hydrogens is 398 g/mol. The Hall–Kier alpha value is -3.50. The van der Waals surface area contributed by atoms with E-state index in [-0.39, 0.29) is 5.56 Å². The third-order valence-corrected chi connectivity index (χ3v) is 6.30. The van der Waals surface area contributed by atoms with Gasteiger partial charge in [-0.1, -0.05) is 30.3 Å². The molecule has 0 fully saturated rings. The lowest BCUT2D eigenvalue weighted by atomic mass is 9.83. The normalized spacial score (nSPS) is 15.0. The number of amides is 1. The van der Waals surface area contributed by atoms with Gasteiger partial charge in [-0.25, -0.2) is 4.79 Å². The van der Waals surface area contributed by atoms with E-state index in [1.807, 2.05) is 18.2 Å². The number of carbonyl (C=O) groups is 2. The number of nitrogens with zero attached hydrogens (tertiary/aromatic N) is 2. The molecule has 0 saturated heterocycles. The van der Waals surface area contributed by atoms with E-state index in [9.17, 15) is 14.9 Å². The third kappa shape index (κ3) is 4.24. The molecule has 6 nitrogen and oxygen atoms in total. The van der Waals surface area contributed by atoms with Crippen molar-refractivity contribution < 1.29 is 14.3 Å². The molecule has 7 heteroatoms. The number of thiophene rings is 1. The molecule has 1 N–H and O–H groups in total. The molecule has 0 aliphatic heterocycles. The number of anilines is 1. The summed E-state index contributed by atoms with van der Waals surface area (Å²) in [7, 11) is 0. The number of carbonyl (C=O) groups excluding carboxylic acids is 2. The van der Waals surface area contributed by atoms with E-state index in [1.54, 1.807) is 18.3 Å². The maximum Gasteiger partial charge on any atom is 0.340 e. The predicted octanol–water partition coefficient (Wildman–Crippen LogP) is 4.08. The van der Waals surface area contributed by atoms with Crippen LogP contribution in [0, 0.1) is 11.3 Å². The Morgan fingerprint density at radius 1 is 1.23 bits per heavy atom. The standard InChI is InChI=1S/C23H19N3O3S/c24-12-19-18-9-8-16(15-5-2-1-3-6-15)11-20(18)30-22(19)26-21(27)14-29-23(28)17-7-4-10-25-13-17/h1-7,10,13,16H,8-9,11,14H2,(H,26,27). The molecule has 1 atom stereocenters. The summed E-state index contributed by atoms with van der Waals surface area (Å²) in [5.41, 5.74) is 3.12. The molecule has 1 unspecified atom stereocenters. The van der Waals surface area contributed by atoms with Crippen LogP contribution in [0.2, 0.25) is 0 Å². The zero-order valence-electron chi connectivity index (χ0n) is 16.1. The monoisotopic (exact) mass is 417 g/mol. The van der Waals surface area contributed by atoms with E-state index in [0.29, 0.717) is 16.5 Å². The number of fused-ring (bicyclic) bond motifs is 1. The zero-order chi connectivity index (χ0) is 20.9. The molecule has 30 heavy (non-hydrogen) atoms. The number of pyridine rings is 1. The van der Waals surface area contributed by atoms with Crippen molar-refractivity contribution >= 4 is 28.2 Å². The highest BCUT2D eigenvalue weighted by Gasteiger charge is 2.27. The van der Waals surface area contributed by atoms with Crippen molar-refractivity contribution in [3.8, 4) is 6.07 Å². The van der Waals surface area contributed by atoms with Gasteiger partial charge in [0.25, 0.3) is 5.91 Å². The predicted molar refractivity (Wildman–Crippen MR) is 113 cm³/mol. The highest BCUT2D eigenvalue weighted by molar-refractivity contribution is 7.16. The van der Waals surface area contributed by atoms with Gasteiger partial charge in [0.1, 0.15) is 11.1 Å². The summed E-state index contributed by atoms with van der Waals surface area (Å²) < 4.78 is 5.04. The first-order valence-electron chi connectivity index (χ1n) is 9.62. The second-order valence-corrected chi connectivity index (χ2v) is 8.14. The molecule has 3 aromatic rings. The van der Waals surface area contributed by atoms with Gasteiger partial charge in [0.05, 0.1) is 11.1 Å². The smallest absolute Gasteiger partial charge is 0.340 e. The van der Waals surface area contributed by atoms with Crippen LogP contribution in [-0.2, 0) is 22.4 Å². The molecule has 150 valence electrons. The van der Waals surface area contributed by atoms with Crippen molar-refractivity contribution in [2.24, 2.45) is 0 Å². The number of nitrogens with one attached hydrogen (secondary N) is 1. The molecule has 1 aromatic carbocycles. The van der Waals surface area contributed by atoms with Crippen LogP contribution in [0.15, 0.2) is 54.9 Å². The van der Waals surface area contributed by atoms with Crippen molar-refractivity contribution in [1.29, 1.82) is 5.26 Å². The van der Waals surface area contributed by atoms with Crippen LogP contribution in [0.5, 0.6) is 0 Å². The summed E-state index contributed by atoms with van der Waals surface area (Å²) in [6.07, 6.45) is 5.56. The van der Waals surface area contributed by atoms with Crippen molar-refractivity contribution in [3.05, 3.63) is 82.0 Å². The Balaban J connectivity index is 1.43. The molecule has 0 saturated carbocycles. The van der Waals surface area contributed by atoms with Crippen LogP contribution in [0.1, 0.15) is 44.3 Å². The van der Waals surface area contributed by atoms with Gasteiger partial charge in [-0.15, -0.1) is 11.3 Å². The number of nitriles is 1. The van der Waals surface area contributed by atoms with Gasteiger partial charge in [0, 0.05) is 17.3 Å². The molecule has 0 radical (unpaired) electrons. The number of benzene rings is 1. The first-order valence-corrected chi connectivity index (χ1v) is 10.4. The molecule has 0 bridgehead atoms. The van der Waals surface area contributed by atoms with E-state index < -0.39 is 18.5 Å². The second-order valence-electron chi connectivity index (χ2n) is 7.04. The minimum absolute atomic E-state index is 0.279. The second kappa shape index (κ2) is 8.89. The molecule has 2 heterocycles. The number of rotatable bonds is 5. The molecule has 1 amide bonds. The van der Waals surface area contributed by atoms with E-state index in [0.717, 1.165) is 29.7 Å². The Bertz CT molecular complexity index is 1100. The van der Waals surface area contributed by atoms with Crippen molar-refractivity contribution in [2.45, 2.75) is 25.2 Å². The number of hydrogen-bond acceptors (Lipinski definition) is 6. The van der Waals surface area contributed by atoms with Gasteiger partial charge in [-0.05, 0) is 48.4 Å². The van der Waals surface area contributed by atoms with Crippen molar-refractivity contribution in [1.82, 2.24) is 4.98 Å². The van der Waals surface area contributed by atoms with Gasteiger partial charge in [-0.3, -0.25) is 9.78 Å². The molecule has 1 aliphatic carbocycles. The molecular formula is C23H19N3O3S. The number of aromatic nitrogens is 1. The molecule has 1 aliphatic rings. The molecule has 4 rings (SSSR count). The maximum atomic E-state index is 12.3. The number of esters is 1. The lowest BCUT2D eigenvalue weighted by Gasteiger charge is -2.22. The van der Waals surface area contributed by atoms with Gasteiger partial charge >= 0.3 is 5.97 Å². The summed E-state index contributed by atoms with van der Waals surface area (Å²) >= 11 is 1.44. The summed E-state index contributed by atoms with van der Waals surface area (Å²) in [6.45, 7) is -0.423. The van der Waals surface area contributed by atoms with Crippen LogP contribution >= 0.6 is 11.3 Å². The summed E-state index contributed by atoms with van der Waals surface area (Å²) in [5, 5.41) is 12.9. The highest BCUT2D eigenvalue weighted by Crippen LogP contribution is 2.42. The van der Waals surface area contributed by atoms with Crippen LogP contribution in [0.3, 0.4) is 0 Å². The van der Waals surface area contributed by atoms with E-state index in [4.69, 9.17) is 4.74 Å². The van der Waals surface area contributed by atoms with Gasteiger partial charge in [0.15, 0.2) is 6.61 Å². The Morgan fingerprint density at radius 2 is 2.07 bits per heavy atom. The Labute approximate surface area is 178 Å². The summed E-state index contributed by atoms with van der Waals surface area (Å²) in [6, 6.07) is 15.8. The Kier molecular flexibility index (Phi) is 5.87. The number of hydrogen-bond donors (Lipinski definition) is 1. The van der Waals surface area contributed by atoms with E-state index >= 15 is 0 Å². The summed E-state index contributed by atoms with van der Waals surface area (Å²) in [5.74, 6) is -0.676. The Morgan fingerprint density at radius 3 is 2.80 bits per heavy atom. The zero-order valence-corrected chi connectivity index (χ0v) is 16.9. The minimum atomic E-state index is -0.616. The SMILES string of the molecule is N#Cc1c(NC(=O)COC(=O)c2cccnc2)sc2c1CCC(c1ccccc1)C2. The first kappa shape index (κ1) is 19.8. The minimum Gasteiger partial charge on any atom is -0.452 e. The van der Waals surface area contributed by atoms with Crippen LogP contribution in [0.25, 0.3) is 0 Å². The van der Waals surface area contributed by atoms with E-state index in [2.05, 4.69) is 28.5 Å². The lowest BCUT2D eigenvalue weighted by molar-refractivity contribution is -0.119. The highest BCUT2D eigenvalue weighted by atomic mass is 32.1. The van der Waals surface area contributed by atoms with Crippen LogP contribution in [0.4, 0.5) is 5.00 Å². The van der Waals surface area contributed by atoms with Crippen molar-refractivity contribution in [3.63, 3.8) is 0 Å². The quantitative estimate of drug-likeness (QED) is 0.632. The average Bonchev–Trinajstić information content (AvgIpc) is 3.14. The lowest BCUT2D eigenvalue weighted by Crippen LogP contribution is -2.21. The summed E-state index contributed by atoms with van der Waals surface area (Å²) in [4.78, 5) is 29.3. The fourth-order valence-electron chi connectivity index (χ4n) is 3.66. The molecule has 0 spiro atoms. The first-order chi connectivity index (χ1) is 14.7. The molecule has 2 aromatic heterocycles. The van der Waals surface area contributed by atoms with Crippen molar-refractivity contribution in [2.75, 3.05) is 11.9 Å². The fourth-order valence-corrected chi connectivity index (χ4v) is 4.96. The number of ether oxygens (including phenoxy) is 1. The van der Waals surface area contributed by atoms with Gasteiger partial charge < -0.3 is 10.1 Å². The van der Waals surface area contributed by atoms with Gasteiger partial charge in [-0.2, -0.15) is 5.26 Å². The third-order valence-electron chi connectivity index (χ3n) is 5.13. The maximum absolute atomic E-state index is 12.3. The van der Waals surface area contributed by atoms with Crippen LogP contribution < -0.4 is 5.32 Å². The largest absolute Gasteiger partial charge is 0.452 e. The van der Waals surface area contributed by atoms with Crippen LogP contribution in [-0.4, -0.2) is 23.5 Å². The van der Waals surface area contributed by atoms with Gasteiger partial charge in [0.2, 0.25) is 0 Å².